The van der Waals surface area contributed by atoms with Crippen molar-refractivity contribution in [1.82, 2.24) is 0 Å². The van der Waals surface area contributed by atoms with E-state index in [4.69, 9.17) is 9.47 Å². The third-order valence-corrected chi connectivity index (χ3v) is 9.14. The fraction of sp³-hybridized carbons (Fsp3) is 0.0270. The van der Waals surface area contributed by atoms with Crippen molar-refractivity contribution in [2.75, 3.05) is 9.80 Å². The molecule has 0 spiro atoms. The fourth-order valence-corrected chi connectivity index (χ4v) is 7.44. The van der Waals surface area contributed by atoms with E-state index in [1.54, 1.807) is 0 Å². The van der Waals surface area contributed by atoms with Gasteiger partial charge in [-0.1, -0.05) is 72.8 Å². The first-order chi connectivity index (χ1) is 20.8. The van der Waals surface area contributed by atoms with E-state index in [-0.39, 0.29) is 6.71 Å². The van der Waals surface area contributed by atoms with Crippen molar-refractivity contribution in [3.63, 3.8) is 0 Å². The number of para-hydroxylation sites is 6. The minimum absolute atomic E-state index is 0.0287. The zero-order chi connectivity index (χ0) is 27.5. The summed E-state index contributed by atoms with van der Waals surface area (Å²) in [6.07, 6.45) is 0. The highest BCUT2D eigenvalue weighted by Gasteiger charge is 2.48. The lowest BCUT2D eigenvalue weighted by atomic mass is 9.33. The second-order valence-electron chi connectivity index (χ2n) is 11.4. The van der Waals surface area contributed by atoms with Gasteiger partial charge in [0.2, 0.25) is 0 Å². The van der Waals surface area contributed by atoms with Crippen molar-refractivity contribution in [1.29, 1.82) is 0 Å². The summed E-state index contributed by atoms with van der Waals surface area (Å²) in [6.45, 7) is 2.22. The van der Waals surface area contributed by atoms with Crippen LogP contribution in [-0.4, -0.2) is 6.71 Å². The highest BCUT2D eigenvalue weighted by Crippen LogP contribution is 2.56. The summed E-state index contributed by atoms with van der Waals surface area (Å²) >= 11 is 0. The molecular weight excluding hydrogens is 515 g/mol. The smallest absolute Gasteiger partial charge is 0.252 e. The van der Waals surface area contributed by atoms with Crippen molar-refractivity contribution in [2.24, 2.45) is 0 Å². The molecule has 0 N–H and O–H groups in total. The molecule has 0 unspecified atom stereocenters. The van der Waals surface area contributed by atoms with Gasteiger partial charge in [0.1, 0.15) is 0 Å². The van der Waals surface area contributed by atoms with E-state index in [1.807, 2.05) is 12.1 Å². The largest absolute Gasteiger partial charge is 0.453 e. The SMILES string of the molecule is Cc1ccccc1-c1cc2c3c(c1)N1c4ccccc4Oc4cccc(c41)B3c1cccc3c1N2c1ccccc1O3. The summed E-state index contributed by atoms with van der Waals surface area (Å²) in [6, 6.07) is 43.1. The van der Waals surface area contributed by atoms with E-state index in [2.05, 4.69) is 126 Å². The molecule has 4 heterocycles. The molecule has 10 rings (SSSR count). The van der Waals surface area contributed by atoms with Crippen molar-refractivity contribution in [2.45, 2.75) is 6.92 Å². The van der Waals surface area contributed by atoms with E-state index < -0.39 is 0 Å². The van der Waals surface area contributed by atoms with Gasteiger partial charge in [-0.2, -0.15) is 0 Å². The van der Waals surface area contributed by atoms with Crippen LogP contribution in [0, 0.1) is 6.92 Å². The van der Waals surface area contributed by atoms with Gasteiger partial charge in [-0.15, -0.1) is 0 Å². The fourth-order valence-electron chi connectivity index (χ4n) is 7.44. The van der Waals surface area contributed by atoms with Gasteiger partial charge in [0.25, 0.3) is 6.71 Å². The molecule has 0 atom stereocenters. The average molecular weight is 538 g/mol. The highest BCUT2D eigenvalue weighted by molar-refractivity contribution is 7.00. The van der Waals surface area contributed by atoms with Gasteiger partial charge >= 0.3 is 0 Å². The quantitative estimate of drug-likeness (QED) is 0.198. The van der Waals surface area contributed by atoms with Crippen LogP contribution < -0.4 is 35.7 Å². The molecule has 0 amide bonds. The molecule has 4 aliphatic rings. The summed E-state index contributed by atoms with van der Waals surface area (Å²) in [5.41, 5.74) is 14.2. The van der Waals surface area contributed by atoms with Gasteiger partial charge in [-0.05, 0) is 88.5 Å². The molecular formula is C37H23BN2O2. The number of ether oxygens (including phenoxy) is 2. The van der Waals surface area contributed by atoms with Crippen molar-refractivity contribution < 1.29 is 9.47 Å². The molecule has 0 fully saturated rings. The van der Waals surface area contributed by atoms with Crippen LogP contribution in [0.15, 0.2) is 121 Å². The Kier molecular flexibility index (Phi) is 4.17. The molecule has 0 radical (unpaired) electrons. The van der Waals surface area contributed by atoms with Crippen LogP contribution in [0.25, 0.3) is 11.1 Å². The van der Waals surface area contributed by atoms with Gasteiger partial charge in [-0.25, -0.2) is 0 Å². The lowest BCUT2D eigenvalue weighted by Gasteiger charge is -2.47. The zero-order valence-electron chi connectivity index (χ0n) is 22.8. The summed E-state index contributed by atoms with van der Waals surface area (Å²) in [5.74, 6) is 3.50. The lowest BCUT2D eigenvalue weighted by Crippen LogP contribution is -2.61. The van der Waals surface area contributed by atoms with Gasteiger partial charge in [-0.3, -0.25) is 0 Å². The first-order valence-electron chi connectivity index (χ1n) is 14.4. The minimum atomic E-state index is 0.0287. The maximum absolute atomic E-state index is 6.55. The molecule has 196 valence electrons. The van der Waals surface area contributed by atoms with Gasteiger partial charge < -0.3 is 19.3 Å². The normalized spacial score (nSPS) is 14.1. The van der Waals surface area contributed by atoms with E-state index in [0.717, 1.165) is 45.7 Å². The maximum Gasteiger partial charge on any atom is 0.252 e. The monoisotopic (exact) mass is 538 g/mol. The minimum Gasteiger partial charge on any atom is -0.453 e. The molecule has 6 aromatic rings. The molecule has 0 saturated carbocycles. The van der Waals surface area contributed by atoms with Crippen molar-refractivity contribution >= 4 is 57.2 Å². The standard InChI is InChI=1S/C37H23BN2O2/c1-22-10-2-3-11-24(22)23-20-29-35-30(21-23)40-28-15-5-7-17-32(28)42-34-19-9-13-26(37(34)40)38(35)25-12-8-18-33-36(25)39(29)27-14-4-6-16-31(27)41-33/h2-21H,1H3. The lowest BCUT2D eigenvalue weighted by molar-refractivity contribution is 0.477. The van der Waals surface area contributed by atoms with Crippen LogP contribution >= 0.6 is 0 Å². The first kappa shape index (κ1) is 22.3. The second kappa shape index (κ2) is 7.86. The average Bonchev–Trinajstić information content (AvgIpc) is 3.03. The number of hydrogen-bond donors (Lipinski definition) is 0. The number of hydrogen-bond acceptors (Lipinski definition) is 4. The Hall–Kier alpha value is -5.42. The van der Waals surface area contributed by atoms with E-state index in [9.17, 15) is 0 Å². The van der Waals surface area contributed by atoms with Crippen LogP contribution in [0.5, 0.6) is 23.0 Å². The van der Waals surface area contributed by atoms with Crippen molar-refractivity contribution in [3.8, 4) is 34.1 Å². The third kappa shape index (κ3) is 2.73. The summed E-state index contributed by atoms with van der Waals surface area (Å²) < 4.78 is 13.1. The molecule has 0 aromatic heterocycles. The molecule has 42 heavy (non-hydrogen) atoms. The van der Waals surface area contributed by atoms with Gasteiger partial charge in [0.15, 0.2) is 23.0 Å². The number of benzene rings is 6. The first-order valence-corrected chi connectivity index (χ1v) is 14.4. The molecule has 4 aliphatic heterocycles. The summed E-state index contributed by atoms with van der Waals surface area (Å²) in [7, 11) is 0. The number of nitrogens with zero attached hydrogens (tertiary/aromatic N) is 2. The van der Waals surface area contributed by atoms with Crippen LogP contribution in [0.4, 0.5) is 34.1 Å². The van der Waals surface area contributed by atoms with Gasteiger partial charge in [0, 0.05) is 11.4 Å². The van der Waals surface area contributed by atoms with E-state index in [1.165, 1.54) is 44.5 Å². The molecule has 0 saturated heterocycles. The number of rotatable bonds is 1. The summed E-state index contributed by atoms with van der Waals surface area (Å²) in [4.78, 5) is 4.86. The Bertz CT molecular complexity index is 2030. The molecule has 0 aliphatic carbocycles. The van der Waals surface area contributed by atoms with Gasteiger partial charge in [0.05, 0.1) is 22.7 Å². The van der Waals surface area contributed by atoms with Crippen LogP contribution in [0.1, 0.15) is 5.56 Å². The van der Waals surface area contributed by atoms with E-state index >= 15 is 0 Å². The van der Waals surface area contributed by atoms with Crippen LogP contribution in [0.3, 0.4) is 0 Å². The number of fused-ring (bicyclic) bond motifs is 8. The Labute approximate surface area is 244 Å². The third-order valence-electron chi connectivity index (χ3n) is 9.14. The predicted molar refractivity (Wildman–Crippen MR) is 171 cm³/mol. The Morgan fingerprint density at radius 1 is 0.500 bits per heavy atom. The molecule has 0 bridgehead atoms. The maximum atomic E-state index is 6.55. The van der Waals surface area contributed by atoms with Crippen LogP contribution in [0.2, 0.25) is 0 Å². The van der Waals surface area contributed by atoms with E-state index in [0.29, 0.717) is 0 Å². The Morgan fingerprint density at radius 3 is 1.57 bits per heavy atom. The highest BCUT2D eigenvalue weighted by atomic mass is 16.5. The number of aryl methyl sites for hydroxylation is 1. The molecule has 5 heteroatoms. The zero-order valence-corrected chi connectivity index (χ0v) is 22.8. The Balaban J connectivity index is 1.38. The second-order valence-corrected chi connectivity index (χ2v) is 11.4. The molecule has 4 nitrogen and oxygen atoms in total. The predicted octanol–water partition coefficient (Wildman–Crippen LogP) is 7.96. The van der Waals surface area contributed by atoms with Crippen molar-refractivity contribution in [3.05, 3.63) is 127 Å². The van der Waals surface area contributed by atoms with Crippen LogP contribution in [-0.2, 0) is 0 Å². The Morgan fingerprint density at radius 2 is 1.00 bits per heavy atom. The topological polar surface area (TPSA) is 24.9 Å². The summed E-state index contributed by atoms with van der Waals surface area (Å²) in [5, 5.41) is 0. The molecule has 6 aromatic carbocycles. The number of anilines is 6.